The van der Waals surface area contributed by atoms with Crippen LogP contribution in [0.5, 0.6) is 0 Å². The standard InChI is InChI=1S/C14H19Cl2N3O4S/c1-14(2,3)19(13(20)21)9-6-7-18(8-9)24(22,23)10-4-5-11(15)17-12(10)16/h4-5,9H,6-8H2,1-3H3,(H,20,21). The minimum absolute atomic E-state index is 0.0743. The van der Waals surface area contributed by atoms with Crippen LogP contribution in [0.2, 0.25) is 10.3 Å². The first-order chi connectivity index (χ1) is 10.9. The molecule has 7 nitrogen and oxygen atoms in total. The topological polar surface area (TPSA) is 90.8 Å². The van der Waals surface area contributed by atoms with Crippen LogP contribution < -0.4 is 0 Å². The third-order valence-corrected chi connectivity index (χ3v) is 6.33. The first-order valence-electron chi connectivity index (χ1n) is 7.29. The summed E-state index contributed by atoms with van der Waals surface area (Å²) in [6, 6.07) is 2.24. The molecule has 1 N–H and O–H groups in total. The molecule has 1 unspecified atom stereocenters. The Labute approximate surface area is 151 Å². The smallest absolute Gasteiger partial charge is 0.408 e. The second-order valence-electron chi connectivity index (χ2n) is 6.55. The van der Waals surface area contributed by atoms with Gasteiger partial charge in [-0.3, -0.25) is 4.90 Å². The first-order valence-corrected chi connectivity index (χ1v) is 9.48. The number of halogens is 2. The minimum atomic E-state index is -3.86. The van der Waals surface area contributed by atoms with Gasteiger partial charge in [0.15, 0.2) is 5.15 Å². The third-order valence-electron chi connectivity index (χ3n) is 3.82. The molecule has 0 aromatic carbocycles. The second-order valence-corrected chi connectivity index (χ2v) is 9.20. The zero-order chi connectivity index (χ0) is 18.3. The molecular formula is C14H19Cl2N3O4S. The fraction of sp³-hybridized carbons (Fsp3) is 0.571. The summed E-state index contributed by atoms with van der Waals surface area (Å²) in [6.07, 6.45) is -0.653. The van der Waals surface area contributed by atoms with Crippen molar-refractivity contribution >= 4 is 39.3 Å². The van der Waals surface area contributed by atoms with Crippen LogP contribution in [-0.2, 0) is 10.0 Å². The summed E-state index contributed by atoms with van der Waals surface area (Å²) in [6.45, 7) is 5.62. The Morgan fingerprint density at radius 3 is 2.50 bits per heavy atom. The monoisotopic (exact) mass is 395 g/mol. The van der Waals surface area contributed by atoms with Gasteiger partial charge in [0, 0.05) is 18.6 Å². The lowest BCUT2D eigenvalue weighted by Gasteiger charge is -2.37. The molecule has 0 radical (unpaired) electrons. The van der Waals surface area contributed by atoms with Crippen LogP contribution in [0.4, 0.5) is 4.79 Å². The number of pyridine rings is 1. The zero-order valence-corrected chi connectivity index (χ0v) is 15.9. The van der Waals surface area contributed by atoms with Gasteiger partial charge in [0.2, 0.25) is 10.0 Å². The lowest BCUT2D eigenvalue weighted by Crippen LogP contribution is -2.52. The predicted molar refractivity (Wildman–Crippen MR) is 91.0 cm³/mol. The molecule has 1 fully saturated rings. The van der Waals surface area contributed by atoms with Gasteiger partial charge in [-0.2, -0.15) is 4.31 Å². The van der Waals surface area contributed by atoms with Gasteiger partial charge in [0.05, 0.1) is 6.04 Å². The number of hydrogen-bond donors (Lipinski definition) is 1. The van der Waals surface area contributed by atoms with Crippen molar-refractivity contribution in [3.05, 3.63) is 22.4 Å². The highest BCUT2D eigenvalue weighted by Gasteiger charge is 2.41. The van der Waals surface area contributed by atoms with Gasteiger partial charge in [-0.25, -0.2) is 18.2 Å². The number of nitrogens with zero attached hydrogens (tertiary/aromatic N) is 3. The minimum Gasteiger partial charge on any atom is -0.465 e. The van der Waals surface area contributed by atoms with Crippen LogP contribution in [0.15, 0.2) is 17.0 Å². The number of carboxylic acid groups (broad SMARTS) is 1. The largest absolute Gasteiger partial charge is 0.465 e. The van der Waals surface area contributed by atoms with E-state index in [0.717, 1.165) is 0 Å². The van der Waals surface area contributed by atoms with E-state index >= 15 is 0 Å². The van der Waals surface area contributed by atoms with Crippen LogP contribution in [0, 0.1) is 0 Å². The number of sulfonamides is 1. The van der Waals surface area contributed by atoms with Gasteiger partial charge in [0.1, 0.15) is 10.0 Å². The fourth-order valence-corrected chi connectivity index (χ4v) is 4.99. The molecule has 1 saturated heterocycles. The maximum absolute atomic E-state index is 12.7. The molecule has 2 rings (SSSR count). The Hall–Kier alpha value is -1.09. The molecule has 10 heteroatoms. The number of rotatable bonds is 3. The molecule has 1 aliphatic rings. The van der Waals surface area contributed by atoms with Crippen molar-refractivity contribution in [3.8, 4) is 0 Å². The normalized spacial score (nSPS) is 19.5. The summed E-state index contributed by atoms with van der Waals surface area (Å²) >= 11 is 11.6. The Kier molecular flexibility index (Phi) is 5.34. The highest BCUT2D eigenvalue weighted by molar-refractivity contribution is 7.89. The molecular weight excluding hydrogens is 377 g/mol. The van der Waals surface area contributed by atoms with Gasteiger partial charge >= 0.3 is 6.09 Å². The van der Waals surface area contributed by atoms with Crippen LogP contribution in [0.3, 0.4) is 0 Å². The van der Waals surface area contributed by atoms with E-state index < -0.39 is 27.7 Å². The molecule has 1 atom stereocenters. The Morgan fingerprint density at radius 1 is 1.38 bits per heavy atom. The molecule has 24 heavy (non-hydrogen) atoms. The van der Waals surface area contributed by atoms with Gasteiger partial charge in [-0.15, -0.1) is 0 Å². The second kappa shape index (κ2) is 6.67. The Balaban J connectivity index is 2.28. The molecule has 1 aromatic rings. The first kappa shape index (κ1) is 19.2. The van der Waals surface area contributed by atoms with Crippen molar-refractivity contribution < 1.29 is 18.3 Å². The maximum Gasteiger partial charge on any atom is 0.408 e. The molecule has 2 heterocycles. The van der Waals surface area contributed by atoms with Crippen molar-refractivity contribution in [1.29, 1.82) is 0 Å². The summed E-state index contributed by atoms with van der Waals surface area (Å²) < 4.78 is 26.7. The van der Waals surface area contributed by atoms with Gasteiger partial charge in [-0.05, 0) is 39.3 Å². The van der Waals surface area contributed by atoms with Gasteiger partial charge in [0.25, 0.3) is 0 Å². The summed E-state index contributed by atoms with van der Waals surface area (Å²) in [5.74, 6) is 0. The van der Waals surface area contributed by atoms with E-state index in [0.29, 0.717) is 6.42 Å². The number of aromatic nitrogens is 1. The maximum atomic E-state index is 12.7. The molecule has 0 spiro atoms. The van der Waals surface area contributed by atoms with E-state index in [-0.39, 0.29) is 28.3 Å². The third kappa shape index (κ3) is 3.77. The summed E-state index contributed by atoms with van der Waals surface area (Å²) in [5, 5.41) is 9.36. The number of hydrogen-bond acceptors (Lipinski definition) is 4. The van der Waals surface area contributed by atoms with Crippen LogP contribution in [0.25, 0.3) is 0 Å². The molecule has 134 valence electrons. The zero-order valence-electron chi connectivity index (χ0n) is 13.5. The molecule has 1 aliphatic heterocycles. The lowest BCUT2D eigenvalue weighted by molar-refractivity contribution is 0.0742. The van der Waals surface area contributed by atoms with Crippen LogP contribution in [-0.4, -0.2) is 58.5 Å². The average Bonchev–Trinajstić information content (AvgIpc) is 2.85. The van der Waals surface area contributed by atoms with Gasteiger partial charge in [-0.1, -0.05) is 23.2 Å². The Bertz CT molecular complexity index is 749. The fourth-order valence-electron chi connectivity index (χ4n) is 2.86. The number of amides is 1. The van der Waals surface area contributed by atoms with Crippen molar-refractivity contribution in [2.24, 2.45) is 0 Å². The van der Waals surface area contributed by atoms with E-state index in [1.165, 1.54) is 21.3 Å². The highest BCUT2D eigenvalue weighted by atomic mass is 35.5. The van der Waals surface area contributed by atoms with E-state index in [9.17, 15) is 18.3 Å². The lowest BCUT2D eigenvalue weighted by atomic mass is 10.0. The van der Waals surface area contributed by atoms with Gasteiger partial charge < -0.3 is 5.11 Å². The van der Waals surface area contributed by atoms with E-state index in [4.69, 9.17) is 23.2 Å². The van der Waals surface area contributed by atoms with Crippen LogP contribution in [0.1, 0.15) is 27.2 Å². The van der Waals surface area contributed by atoms with E-state index in [2.05, 4.69) is 4.98 Å². The van der Waals surface area contributed by atoms with Crippen molar-refractivity contribution in [1.82, 2.24) is 14.2 Å². The molecule has 0 aliphatic carbocycles. The SMILES string of the molecule is CC(C)(C)N(C(=O)O)C1CCN(S(=O)(=O)c2ccc(Cl)nc2Cl)C1. The molecule has 1 amide bonds. The molecule has 1 aromatic heterocycles. The van der Waals surface area contributed by atoms with Crippen LogP contribution >= 0.6 is 23.2 Å². The Morgan fingerprint density at radius 2 is 2.00 bits per heavy atom. The summed E-state index contributed by atoms with van der Waals surface area (Å²) in [5.41, 5.74) is -0.629. The predicted octanol–water partition coefficient (Wildman–Crippen LogP) is 2.93. The molecule has 0 saturated carbocycles. The average molecular weight is 396 g/mol. The summed E-state index contributed by atoms with van der Waals surface area (Å²) in [7, 11) is -3.86. The van der Waals surface area contributed by atoms with E-state index in [1.54, 1.807) is 20.8 Å². The molecule has 0 bridgehead atoms. The van der Waals surface area contributed by atoms with Crippen molar-refractivity contribution in [2.45, 2.75) is 43.7 Å². The highest BCUT2D eigenvalue weighted by Crippen LogP contribution is 2.30. The quantitative estimate of drug-likeness (QED) is 0.794. The van der Waals surface area contributed by atoms with Crippen molar-refractivity contribution in [2.75, 3.05) is 13.1 Å². The summed E-state index contributed by atoms with van der Waals surface area (Å²) in [4.78, 5) is 16.5. The van der Waals surface area contributed by atoms with Crippen molar-refractivity contribution in [3.63, 3.8) is 0 Å². The van der Waals surface area contributed by atoms with E-state index in [1.807, 2.05) is 0 Å². The number of carbonyl (C=O) groups is 1.